The van der Waals surface area contributed by atoms with Gasteiger partial charge >= 0.3 is 19.8 Å². The number of hydrogen-bond acceptors (Lipinski definition) is 8. The minimum absolute atomic E-state index is 0.0403. The second-order valence-electron chi connectivity index (χ2n) is 22.7. The molecule has 3 N–H and O–H groups in total. The maximum absolute atomic E-state index is 12.7. The summed E-state index contributed by atoms with van der Waals surface area (Å²) in [7, 11) is -4.41. The zero-order valence-corrected chi connectivity index (χ0v) is 55.4. The van der Waals surface area contributed by atoms with Crippen LogP contribution in [0.5, 0.6) is 0 Å². The van der Waals surface area contributed by atoms with Gasteiger partial charge in [0.05, 0.1) is 13.2 Å². The van der Waals surface area contributed by atoms with Crippen LogP contribution in [0.4, 0.5) is 0 Å². The van der Waals surface area contributed by atoms with Gasteiger partial charge in [0, 0.05) is 19.4 Å². The number of ether oxygens (including phenoxy) is 2. The highest BCUT2D eigenvalue weighted by atomic mass is 31.2. The van der Waals surface area contributed by atoms with Crippen LogP contribution >= 0.6 is 7.82 Å². The van der Waals surface area contributed by atoms with Crippen LogP contribution in [0.25, 0.3) is 0 Å². The van der Waals surface area contributed by atoms with E-state index < -0.39 is 32.5 Å². The van der Waals surface area contributed by atoms with Crippen LogP contribution in [0.1, 0.15) is 296 Å². The lowest BCUT2D eigenvalue weighted by molar-refractivity contribution is -0.161. The van der Waals surface area contributed by atoms with Crippen LogP contribution in [0.15, 0.2) is 134 Å². The van der Waals surface area contributed by atoms with Gasteiger partial charge in [-0.15, -0.1) is 0 Å². The third-order valence-electron chi connectivity index (χ3n) is 14.5. The van der Waals surface area contributed by atoms with Gasteiger partial charge in [-0.05, 0) is 116 Å². The van der Waals surface area contributed by atoms with Gasteiger partial charge in [0.2, 0.25) is 0 Å². The fourth-order valence-electron chi connectivity index (χ4n) is 9.43. The summed E-state index contributed by atoms with van der Waals surface area (Å²) in [5.74, 6) is -0.879. The van der Waals surface area contributed by atoms with Crippen LogP contribution in [-0.2, 0) is 32.7 Å². The summed E-state index contributed by atoms with van der Waals surface area (Å²) >= 11 is 0. The molecule has 0 bridgehead atoms. The zero-order chi connectivity index (χ0) is 61.6. The van der Waals surface area contributed by atoms with Gasteiger partial charge in [-0.2, -0.15) is 0 Å². The van der Waals surface area contributed by atoms with E-state index in [9.17, 15) is 19.0 Å². The molecular weight excluding hydrogens is 1070 g/mol. The monoisotopic (exact) mass is 1200 g/mol. The predicted molar refractivity (Wildman–Crippen MR) is 367 cm³/mol. The van der Waals surface area contributed by atoms with Crippen LogP contribution in [-0.4, -0.2) is 49.3 Å². The van der Waals surface area contributed by atoms with E-state index in [1.165, 1.54) is 167 Å². The molecule has 2 unspecified atom stereocenters. The fourth-order valence-corrected chi connectivity index (χ4v) is 10.2. The summed E-state index contributed by atoms with van der Waals surface area (Å²) in [6.07, 6.45) is 98.4. The number of carbonyl (C=O) groups excluding carboxylic acids is 2. The molecule has 0 saturated heterocycles. The van der Waals surface area contributed by atoms with Crippen molar-refractivity contribution in [2.24, 2.45) is 5.73 Å². The normalized spacial score (nSPS) is 13.8. The molecule has 0 fully saturated rings. The van der Waals surface area contributed by atoms with Crippen molar-refractivity contribution in [3.8, 4) is 0 Å². The molecule has 0 aromatic heterocycles. The van der Waals surface area contributed by atoms with Crippen LogP contribution in [0.3, 0.4) is 0 Å². The van der Waals surface area contributed by atoms with Gasteiger partial charge in [0.1, 0.15) is 6.61 Å². The SMILES string of the molecule is CC/C=C\C/C=C\C/C=C\C/C=C\C/C=C\C/C=C\C/C=C\C/C=C\CCCCC(=O)OC(COC(=O)CCCCCCCCCCCCCCCCCCCCCCCC/C=C\C/C=C\C/C=C\CCCCCCC)COP(=O)(O)OCCN. The van der Waals surface area contributed by atoms with Crippen molar-refractivity contribution in [3.63, 3.8) is 0 Å². The fraction of sp³-hybridized carbons (Fsp3) is 0.680. The lowest BCUT2D eigenvalue weighted by atomic mass is 10.0. The lowest BCUT2D eigenvalue weighted by Crippen LogP contribution is -2.29. The van der Waals surface area contributed by atoms with Crippen molar-refractivity contribution >= 4 is 19.8 Å². The highest BCUT2D eigenvalue weighted by molar-refractivity contribution is 7.47. The molecule has 486 valence electrons. The van der Waals surface area contributed by atoms with E-state index in [0.717, 1.165) is 96.3 Å². The van der Waals surface area contributed by atoms with Crippen LogP contribution in [0.2, 0.25) is 0 Å². The lowest BCUT2D eigenvalue weighted by Gasteiger charge is -2.19. The molecule has 0 heterocycles. The number of rotatable bonds is 64. The molecule has 9 nitrogen and oxygen atoms in total. The number of phosphoric acid groups is 1. The molecular formula is C75H128NO8P. The second kappa shape index (κ2) is 69.3. The van der Waals surface area contributed by atoms with E-state index in [1.54, 1.807) is 0 Å². The van der Waals surface area contributed by atoms with Crippen molar-refractivity contribution in [2.75, 3.05) is 26.4 Å². The minimum Gasteiger partial charge on any atom is -0.462 e. The van der Waals surface area contributed by atoms with Crippen LogP contribution in [0, 0.1) is 0 Å². The molecule has 0 aromatic rings. The van der Waals surface area contributed by atoms with E-state index in [4.69, 9.17) is 24.3 Å². The van der Waals surface area contributed by atoms with Gasteiger partial charge in [-0.1, -0.05) is 302 Å². The molecule has 0 radical (unpaired) electrons. The molecule has 10 heteroatoms. The maximum Gasteiger partial charge on any atom is 0.472 e. The van der Waals surface area contributed by atoms with Crippen molar-refractivity contribution in [1.82, 2.24) is 0 Å². The summed E-state index contributed by atoms with van der Waals surface area (Å²) in [5, 5.41) is 0. The van der Waals surface area contributed by atoms with Crippen molar-refractivity contribution in [3.05, 3.63) is 134 Å². The first kappa shape index (κ1) is 81.2. The van der Waals surface area contributed by atoms with Crippen molar-refractivity contribution < 1.29 is 37.6 Å². The molecule has 0 aliphatic heterocycles. The number of unbranched alkanes of at least 4 members (excludes halogenated alkanes) is 29. The number of esters is 2. The first-order valence-electron chi connectivity index (χ1n) is 34.7. The van der Waals surface area contributed by atoms with E-state index in [-0.39, 0.29) is 32.6 Å². The van der Waals surface area contributed by atoms with E-state index in [2.05, 4.69) is 148 Å². The topological polar surface area (TPSA) is 134 Å². The second-order valence-corrected chi connectivity index (χ2v) is 24.1. The molecule has 0 rings (SSSR count). The zero-order valence-electron chi connectivity index (χ0n) is 54.5. The molecule has 85 heavy (non-hydrogen) atoms. The Balaban J connectivity index is 3.93. The van der Waals surface area contributed by atoms with Gasteiger partial charge in [-0.25, -0.2) is 4.57 Å². The van der Waals surface area contributed by atoms with Gasteiger partial charge < -0.3 is 20.1 Å². The third-order valence-corrected chi connectivity index (χ3v) is 15.5. The summed E-state index contributed by atoms with van der Waals surface area (Å²) in [6.45, 7) is 3.58. The first-order valence-corrected chi connectivity index (χ1v) is 36.2. The Morgan fingerprint density at radius 1 is 0.365 bits per heavy atom. The van der Waals surface area contributed by atoms with Crippen molar-refractivity contribution in [2.45, 2.75) is 302 Å². The Kier molecular flexibility index (Phi) is 66.1. The number of carbonyl (C=O) groups is 2. The number of nitrogens with two attached hydrogens (primary N) is 1. The predicted octanol–water partition coefficient (Wildman–Crippen LogP) is 22.9. The van der Waals surface area contributed by atoms with E-state index >= 15 is 0 Å². The van der Waals surface area contributed by atoms with Crippen molar-refractivity contribution in [1.29, 1.82) is 0 Å². The maximum atomic E-state index is 12.7. The molecule has 0 spiro atoms. The summed E-state index contributed by atoms with van der Waals surface area (Å²) in [4.78, 5) is 35.3. The molecule has 0 aromatic carbocycles. The van der Waals surface area contributed by atoms with Crippen LogP contribution < -0.4 is 5.73 Å². The van der Waals surface area contributed by atoms with Gasteiger partial charge in [-0.3, -0.25) is 18.6 Å². The average Bonchev–Trinajstić information content (AvgIpc) is 3.53. The Morgan fingerprint density at radius 2 is 0.647 bits per heavy atom. The third kappa shape index (κ3) is 69.1. The van der Waals surface area contributed by atoms with E-state index in [0.29, 0.717) is 6.42 Å². The average molecular weight is 1200 g/mol. The molecule has 0 aliphatic carbocycles. The first-order chi connectivity index (χ1) is 41.8. The molecule has 0 saturated carbocycles. The van der Waals surface area contributed by atoms with Gasteiger partial charge in [0.25, 0.3) is 0 Å². The Bertz CT molecular complexity index is 1860. The highest BCUT2D eigenvalue weighted by Gasteiger charge is 2.26. The molecule has 0 amide bonds. The number of allylic oxidation sites excluding steroid dienone is 22. The quantitative estimate of drug-likeness (QED) is 0.0264. The molecule has 0 aliphatic rings. The Labute approximate surface area is 523 Å². The standard InChI is InChI=1S/C75H128NO8P/c1-3-5-7-9-11-13-15-17-19-21-23-25-27-29-31-32-33-34-35-36-37-38-39-40-42-43-45-47-49-51-53-55-57-59-61-63-65-67-74(77)81-71-73(72-83-85(79,80)82-70-69-76)84-75(78)68-66-64-62-60-58-56-54-52-50-48-46-44-41-30-28-26-24-22-20-18-16-14-12-10-8-6-4-2/h6,8,12,14-15,17-18,20-21,23-24,26-27,29-30,41,46,48,52,54,58,60,73H,3-5,7,9-11,13,16,19,22,25,28,31-40,42-45,47,49-51,53,55-57,59,61-72,76H2,1-2H3,(H,79,80)/b8-6-,14-12-,17-15-,20-18-,23-21-,26-24-,29-27-,41-30-,48-46-,54-52-,60-58-. The smallest absolute Gasteiger partial charge is 0.462 e. The largest absolute Gasteiger partial charge is 0.472 e. The van der Waals surface area contributed by atoms with E-state index in [1.807, 2.05) is 0 Å². The molecule has 2 atom stereocenters. The number of phosphoric ester groups is 1. The minimum atomic E-state index is -4.41. The summed E-state index contributed by atoms with van der Waals surface area (Å²) < 4.78 is 33.1. The Morgan fingerprint density at radius 3 is 0.988 bits per heavy atom. The summed E-state index contributed by atoms with van der Waals surface area (Å²) in [5.41, 5.74) is 5.39. The Hall–Kier alpha value is -3.85. The number of hydrogen-bond donors (Lipinski definition) is 2. The van der Waals surface area contributed by atoms with Gasteiger partial charge in [0.15, 0.2) is 6.10 Å². The highest BCUT2D eigenvalue weighted by Crippen LogP contribution is 2.43. The summed E-state index contributed by atoms with van der Waals surface area (Å²) in [6, 6.07) is 0.